The maximum Gasteiger partial charge on any atom is 0.328 e. The van der Waals surface area contributed by atoms with Crippen molar-refractivity contribution in [3.63, 3.8) is 0 Å². The van der Waals surface area contributed by atoms with E-state index >= 15 is 0 Å². The van der Waals surface area contributed by atoms with Crippen LogP contribution in [0.4, 0.5) is 4.39 Å². The van der Waals surface area contributed by atoms with Gasteiger partial charge in [0.05, 0.1) is 11.6 Å². The van der Waals surface area contributed by atoms with Crippen molar-refractivity contribution in [2.75, 3.05) is 19.6 Å². The standard InChI is InChI=1S/C24H22FN5O2.C4H4O4/c25-21-7-3-19(4-8-21)16-30-13-10-17(11-14-30)9-12-27-23(31)22-28-24(32-29-22)20-5-1-18(15-26)2-6-20;5-3(6)1-2-4(7)8/h1-8,10H,9,11-14,16H2,(H,27,31);1-2H,(H,5,6)(H,7,8). The van der Waals surface area contributed by atoms with Crippen molar-refractivity contribution in [3.05, 3.63) is 95.1 Å². The summed E-state index contributed by atoms with van der Waals surface area (Å²) in [5.74, 6) is -2.91. The molecule has 0 radical (unpaired) electrons. The molecule has 1 amide bonds. The number of nitrogens with zero attached hydrogens (tertiary/aromatic N) is 4. The van der Waals surface area contributed by atoms with Crippen molar-refractivity contribution < 1.29 is 33.5 Å². The van der Waals surface area contributed by atoms with Crippen molar-refractivity contribution in [2.45, 2.75) is 19.4 Å². The van der Waals surface area contributed by atoms with Crippen LogP contribution in [-0.4, -0.2) is 62.7 Å². The third-order valence-corrected chi connectivity index (χ3v) is 5.70. The smallest absolute Gasteiger partial charge is 0.328 e. The number of benzene rings is 2. The van der Waals surface area contributed by atoms with E-state index in [1.807, 2.05) is 18.2 Å². The van der Waals surface area contributed by atoms with E-state index in [1.54, 1.807) is 24.3 Å². The highest BCUT2D eigenvalue weighted by Gasteiger charge is 2.16. The normalized spacial score (nSPS) is 13.1. The Balaban J connectivity index is 0.000000482. The van der Waals surface area contributed by atoms with Gasteiger partial charge in [0.2, 0.25) is 0 Å². The molecule has 0 bridgehead atoms. The van der Waals surface area contributed by atoms with Crippen LogP contribution in [0.2, 0.25) is 0 Å². The molecular weight excluding hydrogens is 521 g/mol. The molecule has 0 spiro atoms. The number of hydrogen-bond acceptors (Lipinski definition) is 8. The Kier molecular flexibility index (Phi) is 10.8. The molecule has 0 fully saturated rings. The van der Waals surface area contributed by atoms with E-state index in [-0.39, 0.29) is 23.4 Å². The average Bonchev–Trinajstić information content (AvgIpc) is 3.45. The van der Waals surface area contributed by atoms with Crippen molar-refractivity contribution in [2.24, 2.45) is 0 Å². The summed E-state index contributed by atoms with van der Waals surface area (Å²) in [5, 5.41) is 31.1. The third kappa shape index (κ3) is 9.62. The topological polar surface area (TPSA) is 170 Å². The van der Waals surface area contributed by atoms with Gasteiger partial charge in [0.15, 0.2) is 0 Å². The predicted molar refractivity (Wildman–Crippen MR) is 140 cm³/mol. The number of carbonyl (C=O) groups excluding carboxylic acids is 1. The van der Waals surface area contributed by atoms with Gasteiger partial charge in [-0.05, 0) is 54.8 Å². The Morgan fingerprint density at radius 1 is 1.07 bits per heavy atom. The highest BCUT2D eigenvalue weighted by Crippen LogP contribution is 2.18. The largest absolute Gasteiger partial charge is 0.478 e. The molecule has 12 heteroatoms. The molecule has 0 aliphatic carbocycles. The molecule has 4 rings (SSSR count). The Labute approximate surface area is 228 Å². The van der Waals surface area contributed by atoms with E-state index in [9.17, 15) is 18.8 Å². The molecule has 2 aromatic carbocycles. The molecule has 1 aromatic heterocycles. The van der Waals surface area contributed by atoms with Gasteiger partial charge in [0.25, 0.3) is 17.6 Å². The van der Waals surface area contributed by atoms with Gasteiger partial charge in [-0.3, -0.25) is 9.69 Å². The van der Waals surface area contributed by atoms with Crippen molar-refractivity contribution >= 4 is 17.8 Å². The summed E-state index contributed by atoms with van der Waals surface area (Å²) >= 11 is 0. The second kappa shape index (κ2) is 14.7. The minimum atomic E-state index is -1.26. The average molecular weight is 548 g/mol. The van der Waals surface area contributed by atoms with Crippen LogP contribution >= 0.6 is 0 Å². The molecule has 1 aliphatic heterocycles. The number of aromatic nitrogens is 2. The zero-order chi connectivity index (χ0) is 28.9. The first-order valence-corrected chi connectivity index (χ1v) is 12.1. The fourth-order valence-electron chi connectivity index (χ4n) is 3.65. The number of carboxylic acid groups (broad SMARTS) is 2. The van der Waals surface area contributed by atoms with Crippen LogP contribution in [0.1, 0.15) is 34.6 Å². The minimum Gasteiger partial charge on any atom is -0.478 e. The number of rotatable bonds is 9. The van der Waals surface area contributed by atoms with E-state index in [4.69, 9.17) is 20.0 Å². The Bertz CT molecular complexity index is 1410. The van der Waals surface area contributed by atoms with Crippen LogP contribution < -0.4 is 5.32 Å². The summed E-state index contributed by atoms with van der Waals surface area (Å²) < 4.78 is 18.2. The van der Waals surface area contributed by atoms with Gasteiger partial charge in [-0.15, -0.1) is 0 Å². The Hall–Kier alpha value is -5.15. The van der Waals surface area contributed by atoms with E-state index in [0.29, 0.717) is 29.8 Å². The number of nitrogens with one attached hydrogen (secondary N) is 1. The molecule has 3 N–H and O–H groups in total. The lowest BCUT2D eigenvalue weighted by atomic mass is 10.0. The molecule has 11 nitrogen and oxygen atoms in total. The van der Waals surface area contributed by atoms with Gasteiger partial charge >= 0.3 is 11.9 Å². The quantitative estimate of drug-likeness (QED) is 0.266. The van der Waals surface area contributed by atoms with Crippen LogP contribution in [0.5, 0.6) is 0 Å². The molecule has 3 aromatic rings. The molecule has 0 unspecified atom stereocenters. The highest BCUT2D eigenvalue weighted by atomic mass is 19.1. The Morgan fingerprint density at radius 2 is 1.75 bits per heavy atom. The summed E-state index contributed by atoms with van der Waals surface area (Å²) in [5.41, 5.74) is 3.57. The van der Waals surface area contributed by atoms with Gasteiger partial charge < -0.3 is 20.1 Å². The van der Waals surface area contributed by atoms with E-state index in [1.165, 1.54) is 17.7 Å². The van der Waals surface area contributed by atoms with Crippen LogP contribution in [0.3, 0.4) is 0 Å². The maximum atomic E-state index is 13.0. The lowest BCUT2D eigenvalue weighted by molar-refractivity contribution is -0.134. The van der Waals surface area contributed by atoms with Crippen LogP contribution in [0.15, 0.2) is 76.9 Å². The number of nitriles is 1. The van der Waals surface area contributed by atoms with Crippen LogP contribution in [0.25, 0.3) is 11.5 Å². The maximum absolute atomic E-state index is 13.0. The molecule has 0 saturated carbocycles. The van der Waals surface area contributed by atoms with Crippen molar-refractivity contribution in [1.82, 2.24) is 20.4 Å². The van der Waals surface area contributed by atoms with Gasteiger partial charge in [0.1, 0.15) is 5.82 Å². The van der Waals surface area contributed by atoms with Crippen LogP contribution in [-0.2, 0) is 16.1 Å². The number of carboxylic acids is 2. The second-order valence-corrected chi connectivity index (χ2v) is 8.60. The molecule has 206 valence electrons. The van der Waals surface area contributed by atoms with Crippen LogP contribution in [0, 0.1) is 17.1 Å². The first kappa shape index (κ1) is 29.4. The zero-order valence-corrected chi connectivity index (χ0v) is 21.3. The first-order valence-electron chi connectivity index (χ1n) is 12.1. The summed E-state index contributed by atoms with van der Waals surface area (Å²) in [7, 11) is 0. The van der Waals surface area contributed by atoms with Gasteiger partial charge in [-0.25, -0.2) is 14.0 Å². The molecule has 0 atom stereocenters. The number of hydrogen-bond donors (Lipinski definition) is 3. The third-order valence-electron chi connectivity index (χ3n) is 5.70. The Morgan fingerprint density at radius 3 is 2.33 bits per heavy atom. The second-order valence-electron chi connectivity index (χ2n) is 8.60. The molecule has 2 heterocycles. The number of halogens is 1. The van der Waals surface area contributed by atoms with Crippen molar-refractivity contribution in [3.8, 4) is 17.5 Å². The first-order chi connectivity index (χ1) is 19.2. The number of carbonyl (C=O) groups is 3. The molecule has 0 saturated heterocycles. The van der Waals surface area contributed by atoms with E-state index in [2.05, 4.69) is 26.4 Å². The summed E-state index contributed by atoms with van der Waals surface area (Å²) in [6.07, 6.45) is 5.00. The highest BCUT2D eigenvalue weighted by molar-refractivity contribution is 5.90. The molecule has 40 heavy (non-hydrogen) atoms. The summed E-state index contributed by atoms with van der Waals surface area (Å²) in [6.45, 7) is 3.04. The SMILES string of the molecule is N#Cc1ccc(-c2nc(C(=O)NCCC3=CCN(Cc4ccc(F)cc4)CC3)no2)cc1.O=C(O)C=CC(=O)O. The van der Waals surface area contributed by atoms with E-state index < -0.39 is 11.9 Å². The zero-order valence-electron chi connectivity index (χ0n) is 21.3. The van der Waals surface area contributed by atoms with Gasteiger partial charge in [0, 0.05) is 43.9 Å². The summed E-state index contributed by atoms with van der Waals surface area (Å²) in [4.78, 5) is 37.9. The fraction of sp³-hybridized carbons (Fsp3) is 0.214. The molecule has 1 aliphatic rings. The number of aliphatic carboxylic acids is 2. The van der Waals surface area contributed by atoms with E-state index in [0.717, 1.165) is 38.0 Å². The summed E-state index contributed by atoms with van der Waals surface area (Å²) in [6, 6.07) is 15.3. The fourth-order valence-corrected chi connectivity index (χ4v) is 3.65. The lowest BCUT2D eigenvalue weighted by Crippen LogP contribution is -2.30. The minimum absolute atomic E-state index is 0.0209. The molecular formula is C28H26FN5O6. The van der Waals surface area contributed by atoms with Gasteiger partial charge in [-0.1, -0.05) is 28.9 Å². The monoisotopic (exact) mass is 547 g/mol. The van der Waals surface area contributed by atoms with Crippen molar-refractivity contribution in [1.29, 1.82) is 5.26 Å². The predicted octanol–water partition coefficient (Wildman–Crippen LogP) is 3.41. The number of amides is 1. The lowest BCUT2D eigenvalue weighted by Gasteiger charge is -2.26. The van der Waals surface area contributed by atoms with Gasteiger partial charge in [-0.2, -0.15) is 10.2 Å².